The van der Waals surface area contributed by atoms with Crippen LogP contribution in [0.3, 0.4) is 0 Å². The van der Waals surface area contributed by atoms with Crippen molar-refractivity contribution >= 4 is 23.4 Å². The zero-order valence-electron chi connectivity index (χ0n) is 17.2. The molecule has 2 aromatic carbocycles. The highest BCUT2D eigenvalue weighted by atomic mass is 35.5. The molecule has 0 saturated heterocycles. The van der Waals surface area contributed by atoms with Crippen molar-refractivity contribution in [1.82, 2.24) is 20.8 Å². The van der Waals surface area contributed by atoms with Gasteiger partial charge in [0.15, 0.2) is 0 Å². The molecule has 8 nitrogen and oxygen atoms in total. The van der Waals surface area contributed by atoms with Crippen LogP contribution in [-0.2, 0) is 16.1 Å². The normalized spacial score (nSPS) is 11.6. The number of hydrogen-bond donors (Lipinski definition) is 2. The minimum atomic E-state index is -0.537. The molecule has 0 aliphatic carbocycles. The second-order valence-electron chi connectivity index (χ2n) is 6.73. The zero-order valence-corrected chi connectivity index (χ0v) is 18.0. The van der Waals surface area contributed by atoms with Gasteiger partial charge in [0.2, 0.25) is 23.5 Å². The maximum absolute atomic E-state index is 12.6. The van der Waals surface area contributed by atoms with E-state index in [0.29, 0.717) is 28.8 Å². The topological polar surface area (TPSA) is 106 Å². The monoisotopic (exact) mass is 442 g/mol. The minimum Gasteiger partial charge on any atom is -0.494 e. The Morgan fingerprint density at radius 3 is 2.74 bits per heavy atom. The summed E-state index contributed by atoms with van der Waals surface area (Å²) in [6, 6.07) is 13.8. The van der Waals surface area contributed by atoms with Crippen molar-refractivity contribution in [3.63, 3.8) is 0 Å². The highest BCUT2D eigenvalue weighted by molar-refractivity contribution is 6.30. The molecule has 2 amide bonds. The lowest BCUT2D eigenvalue weighted by molar-refractivity contribution is -0.123. The molecule has 9 heteroatoms. The molecule has 0 aliphatic heterocycles. The van der Waals surface area contributed by atoms with Gasteiger partial charge in [0, 0.05) is 23.1 Å². The van der Waals surface area contributed by atoms with Crippen molar-refractivity contribution in [3.8, 4) is 17.1 Å². The summed E-state index contributed by atoms with van der Waals surface area (Å²) < 4.78 is 10.8. The third kappa shape index (κ3) is 6.29. The predicted molar refractivity (Wildman–Crippen MR) is 115 cm³/mol. The maximum atomic E-state index is 12.6. The molecule has 162 valence electrons. The van der Waals surface area contributed by atoms with Crippen LogP contribution in [0.5, 0.6) is 5.75 Å². The quantitative estimate of drug-likeness (QED) is 0.523. The molecule has 3 rings (SSSR count). The lowest BCUT2D eigenvalue weighted by atomic mass is 10.0. The van der Waals surface area contributed by atoms with Crippen molar-refractivity contribution in [2.45, 2.75) is 32.9 Å². The Bertz CT molecular complexity index is 1050. The lowest BCUT2D eigenvalue weighted by Crippen LogP contribution is -2.32. The molecule has 1 aromatic heterocycles. The third-order valence-electron chi connectivity index (χ3n) is 4.35. The summed E-state index contributed by atoms with van der Waals surface area (Å²) in [6.07, 6.45) is 0.0267. The Morgan fingerprint density at radius 1 is 1.19 bits per heavy atom. The number of hydrogen-bond acceptors (Lipinski definition) is 6. The van der Waals surface area contributed by atoms with E-state index in [1.54, 1.807) is 24.3 Å². The first kappa shape index (κ1) is 22.3. The first-order valence-corrected chi connectivity index (χ1v) is 10.2. The minimum absolute atomic E-state index is 0.0267. The van der Waals surface area contributed by atoms with E-state index < -0.39 is 6.04 Å². The molecule has 0 radical (unpaired) electrons. The summed E-state index contributed by atoms with van der Waals surface area (Å²) in [6.45, 7) is 3.82. The second kappa shape index (κ2) is 10.6. The van der Waals surface area contributed by atoms with Gasteiger partial charge in [-0.15, -0.1) is 0 Å². The van der Waals surface area contributed by atoms with Crippen LogP contribution in [0.1, 0.15) is 37.8 Å². The Labute approximate surface area is 184 Å². The SMILES string of the molecule is CCOc1ccccc1C(CC(=O)NCc1nc(-c2cccc(Cl)c2)no1)NC(C)=O. The van der Waals surface area contributed by atoms with Crippen molar-refractivity contribution in [2.24, 2.45) is 0 Å². The zero-order chi connectivity index (χ0) is 22.2. The largest absolute Gasteiger partial charge is 0.494 e. The summed E-state index contributed by atoms with van der Waals surface area (Å²) in [7, 11) is 0. The van der Waals surface area contributed by atoms with E-state index in [2.05, 4.69) is 20.8 Å². The molecular formula is C22H23ClN4O4. The predicted octanol–water partition coefficient (Wildman–Crippen LogP) is 3.67. The van der Waals surface area contributed by atoms with Crippen LogP contribution in [0.2, 0.25) is 5.02 Å². The van der Waals surface area contributed by atoms with Crippen molar-refractivity contribution in [1.29, 1.82) is 0 Å². The third-order valence-corrected chi connectivity index (χ3v) is 4.58. The number of nitrogens with zero attached hydrogens (tertiary/aromatic N) is 2. The van der Waals surface area contributed by atoms with Gasteiger partial charge >= 0.3 is 0 Å². The van der Waals surface area contributed by atoms with Crippen LogP contribution in [-0.4, -0.2) is 28.6 Å². The Balaban J connectivity index is 1.65. The number of nitrogens with one attached hydrogen (secondary N) is 2. The number of carbonyl (C=O) groups is 2. The molecule has 2 N–H and O–H groups in total. The van der Waals surface area contributed by atoms with Crippen LogP contribution in [0.4, 0.5) is 0 Å². The van der Waals surface area contributed by atoms with Gasteiger partial charge in [-0.05, 0) is 25.1 Å². The molecule has 0 spiro atoms. The highest BCUT2D eigenvalue weighted by Crippen LogP contribution is 2.27. The fraction of sp³-hybridized carbons (Fsp3) is 0.273. The van der Waals surface area contributed by atoms with E-state index in [9.17, 15) is 9.59 Å². The number of halogens is 1. The summed E-state index contributed by atoms with van der Waals surface area (Å²) >= 11 is 5.99. The van der Waals surface area contributed by atoms with E-state index in [-0.39, 0.29) is 30.7 Å². The lowest BCUT2D eigenvalue weighted by Gasteiger charge is -2.20. The van der Waals surface area contributed by atoms with Gasteiger partial charge in [0.05, 0.1) is 25.6 Å². The second-order valence-corrected chi connectivity index (χ2v) is 7.16. The molecule has 1 unspecified atom stereocenters. The van der Waals surface area contributed by atoms with E-state index in [0.717, 1.165) is 5.56 Å². The summed E-state index contributed by atoms with van der Waals surface area (Å²) in [5.41, 5.74) is 1.45. The fourth-order valence-corrected chi connectivity index (χ4v) is 3.23. The van der Waals surface area contributed by atoms with Gasteiger partial charge in [-0.2, -0.15) is 4.98 Å². The smallest absolute Gasteiger partial charge is 0.246 e. The maximum Gasteiger partial charge on any atom is 0.246 e. The van der Waals surface area contributed by atoms with Gasteiger partial charge in [0.1, 0.15) is 5.75 Å². The number of carbonyl (C=O) groups excluding carboxylic acids is 2. The Hall–Kier alpha value is -3.39. The van der Waals surface area contributed by atoms with Crippen LogP contribution >= 0.6 is 11.6 Å². The average Bonchev–Trinajstić information content (AvgIpc) is 3.21. The molecule has 0 aliphatic rings. The van der Waals surface area contributed by atoms with Crippen LogP contribution in [0.15, 0.2) is 53.1 Å². The molecule has 0 fully saturated rings. The summed E-state index contributed by atoms with van der Waals surface area (Å²) in [4.78, 5) is 28.5. The van der Waals surface area contributed by atoms with Gasteiger partial charge in [-0.3, -0.25) is 9.59 Å². The first-order chi connectivity index (χ1) is 15.0. The van der Waals surface area contributed by atoms with Gasteiger partial charge < -0.3 is 19.9 Å². The number of rotatable bonds is 9. The average molecular weight is 443 g/mol. The number of benzene rings is 2. The summed E-state index contributed by atoms with van der Waals surface area (Å²) in [5.74, 6) is 0.738. The Morgan fingerprint density at radius 2 is 2.00 bits per heavy atom. The number of aromatic nitrogens is 2. The van der Waals surface area contributed by atoms with Crippen molar-refractivity contribution < 1.29 is 18.8 Å². The van der Waals surface area contributed by atoms with E-state index in [1.807, 2.05) is 31.2 Å². The summed E-state index contributed by atoms with van der Waals surface area (Å²) in [5, 5.41) is 10.0. The first-order valence-electron chi connectivity index (χ1n) is 9.80. The molecule has 31 heavy (non-hydrogen) atoms. The van der Waals surface area contributed by atoms with Crippen LogP contribution < -0.4 is 15.4 Å². The van der Waals surface area contributed by atoms with E-state index in [1.165, 1.54) is 6.92 Å². The van der Waals surface area contributed by atoms with Gasteiger partial charge in [-0.1, -0.05) is 47.1 Å². The van der Waals surface area contributed by atoms with E-state index in [4.69, 9.17) is 20.9 Å². The van der Waals surface area contributed by atoms with Crippen molar-refractivity contribution in [2.75, 3.05) is 6.61 Å². The highest BCUT2D eigenvalue weighted by Gasteiger charge is 2.21. The number of amides is 2. The Kier molecular flexibility index (Phi) is 7.61. The molecule has 1 heterocycles. The molecular weight excluding hydrogens is 420 g/mol. The van der Waals surface area contributed by atoms with Crippen molar-refractivity contribution in [3.05, 3.63) is 65.0 Å². The number of ether oxygens (including phenoxy) is 1. The molecule has 1 atom stereocenters. The molecule has 0 bridgehead atoms. The fourth-order valence-electron chi connectivity index (χ4n) is 3.04. The standard InChI is InChI=1S/C22H23ClN4O4/c1-3-30-19-10-5-4-9-17(19)18(25-14(2)28)12-20(29)24-13-21-26-22(27-31-21)15-7-6-8-16(23)11-15/h4-11,18H,3,12-13H2,1-2H3,(H,24,29)(H,25,28). The van der Waals surface area contributed by atoms with E-state index >= 15 is 0 Å². The van der Waals surface area contributed by atoms with Gasteiger partial charge in [-0.25, -0.2) is 0 Å². The number of para-hydroxylation sites is 1. The van der Waals surface area contributed by atoms with Crippen LogP contribution in [0, 0.1) is 0 Å². The molecule has 0 saturated carbocycles. The van der Waals surface area contributed by atoms with Gasteiger partial charge in [0.25, 0.3) is 0 Å². The van der Waals surface area contributed by atoms with Crippen LogP contribution in [0.25, 0.3) is 11.4 Å². The molecule has 3 aromatic rings.